The van der Waals surface area contributed by atoms with Crippen molar-refractivity contribution in [2.24, 2.45) is 11.8 Å². The van der Waals surface area contributed by atoms with Gasteiger partial charge in [0.2, 0.25) is 5.91 Å². The summed E-state index contributed by atoms with van der Waals surface area (Å²) in [6.45, 7) is 4.56. The summed E-state index contributed by atoms with van der Waals surface area (Å²) in [5, 5.41) is 12.9. The monoisotopic (exact) mass is 396 g/mol. The van der Waals surface area contributed by atoms with Gasteiger partial charge in [0.25, 0.3) is 0 Å². The number of rotatable bonds is 6. The number of carbonyl (C=O) groups is 2. The highest BCUT2D eigenvalue weighted by atomic mass is 35.5. The van der Waals surface area contributed by atoms with Gasteiger partial charge in [0.15, 0.2) is 0 Å². The van der Waals surface area contributed by atoms with Crippen LogP contribution in [0.2, 0.25) is 0 Å². The van der Waals surface area contributed by atoms with Gasteiger partial charge in [0.1, 0.15) is 5.92 Å². The number of amides is 1. The number of carboxylic acids is 1. The highest BCUT2D eigenvalue weighted by Gasteiger charge is 2.32. The zero-order valence-electron chi connectivity index (χ0n) is 15.5. The average molecular weight is 397 g/mol. The third-order valence-corrected chi connectivity index (χ3v) is 5.54. The number of hydrogen-bond donors (Lipinski definition) is 2. The zero-order valence-corrected chi connectivity index (χ0v) is 16.4. The number of halogens is 1. The van der Waals surface area contributed by atoms with Crippen LogP contribution in [0.1, 0.15) is 25.7 Å². The van der Waals surface area contributed by atoms with Crippen molar-refractivity contribution in [3.05, 3.63) is 24.5 Å². The van der Waals surface area contributed by atoms with Crippen molar-refractivity contribution in [3.8, 4) is 0 Å². The Balaban J connectivity index is 0.00000261. The van der Waals surface area contributed by atoms with Crippen molar-refractivity contribution in [2.45, 2.75) is 25.7 Å². The summed E-state index contributed by atoms with van der Waals surface area (Å²) in [5.74, 6) is -1.58. The molecule has 0 aliphatic carbocycles. The van der Waals surface area contributed by atoms with Crippen molar-refractivity contribution in [2.75, 3.05) is 44.2 Å². The standard InChI is InChI=1S/C19H28N4O3.ClH/c24-18(17(19(25)26)2-1-15-3-7-20-8-4-15)23-13-11-22(12-14-23)16-5-9-21-10-6-16;/h5-6,9-10,15,17,20H,1-4,7-8,11-14H2,(H,25,26);1H. The van der Waals surface area contributed by atoms with E-state index in [1.165, 1.54) is 0 Å². The van der Waals surface area contributed by atoms with Crippen LogP contribution in [0.25, 0.3) is 0 Å². The fraction of sp³-hybridized carbons (Fsp3) is 0.632. The van der Waals surface area contributed by atoms with E-state index in [1.54, 1.807) is 17.3 Å². The number of carboxylic acid groups (broad SMARTS) is 1. The van der Waals surface area contributed by atoms with Crippen molar-refractivity contribution in [3.63, 3.8) is 0 Å². The Morgan fingerprint density at radius 2 is 1.78 bits per heavy atom. The van der Waals surface area contributed by atoms with E-state index in [9.17, 15) is 14.7 Å². The molecule has 2 aliphatic heterocycles. The molecule has 1 amide bonds. The smallest absolute Gasteiger partial charge is 0.316 e. The van der Waals surface area contributed by atoms with Gasteiger partial charge < -0.3 is 20.2 Å². The van der Waals surface area contributed by atoms with Crippen LogP contribution >= 0.6 is 12.4 Å². The third kappa shape index (κ3) is 5.81. The molecule has 1 aromatic heterocycles. The lowest BCUT2D eigenvalue weighted by Crippen LogP contribution is -2.51. The fourth-order valence-corrected chi connectivity index (χ4v) is 3.89. The lowest BCUT2D eigenvalue weighted by atomic mass is 9.89. The summed E-state index contributed by atoms with van der Waals surface area (Å²) in [4.78, 5) is 32.4. The molecule has 2 aliphatic rings. The van der Waals surface area contributed by atoms with Gasteiger partial charge in [-0.25, -0.2) is 0 Å². The van der Waals surface area contributed by atoms with Crippen molar-refractivity contribution in [1.82, 2.24) is 15.2 Å². The van der Waals surface area contributed by atoms with Crippen LogP contribution in [-0.2, 0) is 9.59 Å². The maximum absolute atomic E-state index is 12.8. The average Bonchev–Trinajstić information content (AvgIpc) is 2.69. The van der Waals surface area contributed by atoms with E-state index in [1.807, 2.05) is 12.1 Å². The molecule has 1 unspecified atom stereocenters. The number of aliphatic carboxylic acids is 1. The van der Waals surface area contributed by atoms with E-state index in [2.05, 4.69) is 15.2 Å². The van der Waals surface area contributed by atoms with Crippen LogP contribution < -0.4 is 10.2 Å². The van der Waals surface area contributed by atoms with Gasteiger partial charge in [-0.3, -0.25) is 14.6 Å². The molecule has 1 aromatic rings. The number of piperidine rings is 1. The van der Waals surface area contributed by atoms with E-state index in [-0.39, 0.29) is 18.3 Å². The van der Waals surface area contributed by atoms with Crippen LogP contribution in [-0.4, -0.2) is 66.1 Å². The first kappa shape index (κ1) is 21.4. The van der Waals surface area contributed by atoms with E-state index in [0.717, 1.165) is 51.1 Å². The minimum absolute atomic E-state index is 0. The third-order valence-electron chi connectivity index (χ3n) is 5.54. The predicted octanol–water partition coefficient (Wildman–Crippen LogP) is 1.63. The zero-order chi connectivity index (χ0) is 18.4. The highest BCUT2D eigenvalue weighted by molar-refractivity contribution is 5.97. The number of pyridine rings is 1. The minimum Gasteiger partial charge on any atom is -0.481 e. The van der Waals surface area contributed by atoms with Crippen LogP contribution in [0.4, 0.5) is 5.69 Å². The largest absolute Gasteiger partial charge is 0.481 e. The van der Waals surface area contributed by atoms with E-state index in [0.29, 0.717) is 25.4 Å². The quantitative estimate of drug-likeness (QED) is 0.711. The first-order valence-electron chi connectivity index (χ1n) is 9.52. The molecule has 2 fully saturated rings. The number of carbonyl (C=O) groups excluding carboxylic acids is 1. The fourth-order valence-electron chi connectivity index (χ4n) is 3.89. The second-order valence-corrected chi connectivity index (χ2v) is 7.18. The summed E-state index contributed by atoms with van der Waals surface area (Å²) < 4.78 is 0. The van der Waals surface area contributed by atoms with Gasteiger partial charge in [-0.05, 0) is 56.8 Å². The Labute approximate surface area is 166 Å². The molecule has 0 saturated carbocycles. The minimum atomic E-state index is -0.986. The normalized spacial score (nSPS) is 19.3. The van der Waals surface area contributed by atoms with Gasteiger partial charge >= 0.3 is 5.97 Å². The molecule has 3 rings (SSSR count). The SMILES string of the molecule is Cl.O=C(O)C(CCC1CCNCC1)C(=O)N1CCN(c2ccncc2)CC1. The summed E-state index contributed by atoms with van der Waals surface area (Å²) in [7, 11) is 0. The Morgan fingerprint density at radius 1 is 1.15 bits per heavy atom. The van der Waals surface area contributed by atoms with E-state index < -0.39 is 11.9 Å². The number of nitrogens with one attached hydrogen (secondary N) is 1. The van der Waals surface area contributed by atoms with Crippen molar-refractivity contribution in [1.29, 1.82) is 0 Å². The van der Waals surface area contributed by atoms with Gasteiger partial charge in [0, 0.05) is 44.3 Å². The van der Waals surface area contributed by atoms with Gasteiger partial charge in [-0.15, -0.1) is 12.4 Å². The summed E-state index contributed by atoms with van der Waals surface area (Å²) >= 11 is 0. The van der Waals surface area contributed by atoms with Crippen LogP contribution in [0.15, 0.2) is 24.5 Å². The molecule has 0 bridgehead atoms. The van der Waals surface area contributed by atoms with Gasteiger partial charge in [-0.2, -0.15) is 0 Å². The molecule has 3 heterocycles. The summed E-state index contributed by atoms with van der Waals surface area (Å²) in [5.41, 5.74) is 1.09. The Hall–Kier alpha value is -1.86. The van der Waals surface area contributed by atoms with Crippen LogP contribution in [0.5, 0.6) is 0 Å². The number of anilines is 1. The van der Waals surface area contributed by atoms with Gasteiger partial charge in [-0.1, -0.05) is 0 Å². The van der Waals surface area contributed by atoms with E-state index >= 15 is 0 Å². The number of hydrogen-bond acceptors (Lipinski definition) is 5. The summed E-state index contributed by atoms with van der Waals surface area (Å²) in [6.07, 6.45) is 6.93. The van der Waals surface area contributed by atoms with Crippen LogP contribution in [0, 0.1) is 11.8 Å². The van der Waals surface area contributed by atoms with Crippen molar-refractivity contribution < 1.29 is 14.7 Å². The molecule has 2 saturated heterocycles. The molecule has 150 valence electrons. The Morgan fingerprint density at radius 3 is 2.37 bits per heavy atom. The molecule has 27 heavy (non-hydrogen) atoms. The molecule has 7 nitrogen and oxygen atoms in total. The maximum Gasteiger partial charge on any atom is 0.316 e. The molecule has 0 aromatic carbocycles. The first-order chi connectivity index (χ1) is 12.6. The lowest BCUT2D eigenvalue weighted by Gasteiger charge is -2.37. The second-order valence-electron chi connectivity index (χ2n) is 7.18. The molecular formula is C19H29ClN4O3. The van der Waals surface area contributed by atoms with Crippen LogP contribution in [0.3, 0.4) is 0 Å². The highest BCUT2D eigenvalue weighted by Crippen LogP contribution is 2.23. The lowest BCUT2D eigenvalue weighted by molar-refractivity contribution is -0.151. The topological polar surface area (TPSA) is 85.8 Å². The Bertz CT molecular complexity index is 602. The Kier molecular flexibility index (Phi) is 8.31. The number of piperazine rings is 1. The molecule has 0 spiro atoms. The predicted molar refractivity (Wildman–Crippen MR) is 106 cm³/mol. The number of nitrogens with zero attached hydrogens (tertiary/aromatic N) is 3. The first-order valence-corrected chi connectivity index (χ1v) is 9.52. The molecule has 1 atom stereocenters. The second kappa shape index (κ2) is 10.5. The molecule has 0 radical (unpaired) electrons. The number of aromatic nitrogens is 1. The van der Waals surface area contributed by atoms with E-state index in [4.69, 9.17) is 0 Å². The van der Waals surface area contributed by atoms with Gasteiger partial charge in [0.05, 0.1) is 0 Å². The molecular weight excluding hydrogens is 368 g/mol. The van der Waals surface area contributed by atoms with Crippen molar-refractivity contribution >= 4 is 30.0 Å². The maximum atomic E-state index is 12.8. The molecule has 2 N–H and O–H groups in total. The molecule has 8 heteroatoms. The summed E-state index contributed by atoms with van der Waals surface area (Å²) in [6, 6.07) is 3.91.